The Balaban J connectivity index is 1.80. The van der Waals surface area contributed by atoms with Crippen LogP contribution in [-0.2, 0) is 32.6 Å². The van der Waals surface area contributed by atoms with E-state index in [9.17, 15) is 28.1 Å². The number of likely N-dealkylation sites (N-methyl/N-ethyl adjacent to an activating group) is 1. The molecule has 4 aromatic rings. The number of carbonyl (C=O) groups excluding carboxylic acids is 2. The Kier molecular flexibility index (Phi) is 9.89. The van der Waals surface area contributed by atoms with E-state index in [0.29, 0.717) is 0 Å². The molecular weight excluding hydrogens is 568 g/mol. The Morgan fingerprint density at radius 3 is 2.02 bits per heavy atom. The topological polar surface area (TPSA) is 130 Å². The number of sulfonamides is 1. The van der Waals surface area contributed by atoms with Crippen molar-refractivity contribution in [2.24, 2.45) is 0 Å². The third kappa shape index (κ3) is 7.44. The van der Waals surface area contributed by atoms with Crippen LogP contribution in [0, 0.1) is 17.0 Å². The molecule has 43 heavy (non-hydrogen) atoms. The molecule has 4 aromatic carbocycles. The molecule has 1 atom stereocenters. The van der Waals surface area contributed by atoms with Gasteiger partial charge in [-0.05, 0) is 47.9 Å². The monoisotopic (exact) mass is 600 g/mol. The minimum Gasteiger partial charge on any atom is -0.357 e. The molecule has 0 aromatic heterocycles. The maximum atomic E-state index is 14.3. The zero-order valence-corrected chi connectivity index (χ0v) is 24.6. The highest BCUT2D eigenvalue weighted by molar-refractivity contribution is 7.92. The number of hydrogen-bond acceptors (Lipinski definition) is 6. The molecule has 0 radical (unpaired) electrons. The quantitative estimate of drug-likeness (QED) is 0.189. The van der Waals surface area contributed by atoms with Crippen molar-refractivity contribution in [3.05, 3.63) is 136 Å². The van der Waals surface area contributed by atoms with Crippen molar-refractivity contribution in [2.75, 3.05) is 17.9 Å². The molecule has 0 saturated heterocycles. The highest BCUT2D eigenvalue weighted by Crippen LogP contribution is 2.27. The lowest BCUT2D eigenvalue weighted by molar-refractivity contribution is -0.384. The zero-order chi connectivity index (χ0) is 31.0. The third-order valence-electron chi connectivity index (χ3n) is 7.08. The van der Waals surface area contributed by atoms with E-state index in [1.807, 2.05) is 61.5 Å². The van der Waals surface area contributed by atoms with Crippen LogP contribution in [-0.4, -0.2) is 49.7 Å². The number of nitrogens with one attached hydrogen (secondary N) is 1. The summed E-state index contributed by atoms with van der Waals surface area (Å²) in [5, 5.41) is 13.9. The molecule has 10 nitrogen and oxygen atoms in total. The van der Waals surface area contributed by atoms with Gasteiger partial charge in [0.15, 0.2) is 0 Å². The largest absolute Gasteiger partial charge is 0.357 e. The highest BCUT2D eigenvalue weighted by Gasteiger charge is 2.34. The number of non-ortho nitro benzene ring substituents is 1. The van der Waals surface area contributed by atoms with E-state index >= 15 is 0 Å². The Labute approximate surface area is 250 Å². The Morgan fingerprint density at radius 1 is 0.860 bits per heavy atom. The second kappa shape index (κ2) is 13.8. The summed E-state index contributed by atoms with van der Waals surface area (Å²) in [5.74, 6) is -1.02. The molecule has 0 heterocycles. The first-order valence-corrected chi connectivity index (χ1v) is 15.0. The standard InChI is InChI=1S/C32H32N4O6S/c1-24-11-9-10-14-26(24)22-34(30(32(38)33-2)21-25-12-5-3-6-13-25)31(37)23-35(27-17-19-28(20-18-27)36(39)40)43(41,42)29-15-7-4-8-16-29/h3-20,30H,21-23H2,1-2H3,(H,33,38)/t30-/m1/s1. The number of anilines is 1. The summed E-state index contributed by atoms with van der Waals surface area (Å²) in [5.41, 5.74) is 2.36. The highest BCUT2D eigenvalue weighted by atomic mass is 32.2. The van der Waals surface area contributed by atoms with Crippen molar-refractivity contribution in [1.82, 2.24) is 10.2 Å². The minimum absolute atomic E-state index is 0.0515. The molecule has 0 saturated carbocycles. The van der Waals surface area contributed by atoms with Crippen molar-refractivity contribution < 1.29 is 22.9 Å². The average Bonchev–Trinajstić information content (AvgIpc) is 3.02. The molecule has 0 unspecified atom stereocenters. The second-order valence-corrected chi connectivity index (χ2v) is 11.7. The summed E-state index contributed by atoms with van der Waals surface area (Å²) in [7, 11) is -2.81. The van der Waals surface area contributed by atoms with Crippen LogP contribution >= 0.6 is 0 Å². The fourth-order valence-corrected chi connectivity index (χ4v) is 6.12. The fourth-order valence-electron chi connectivity index (χ4n) is 4.68. The van der Waals surface area contributed by atoms with Crippen LogP contribution in [0.25, 0.3) is 0 Å². The maximum Gasteiger partial charge on any atom is 0.269 e. The molecule has 0 aliphatic rings. The van der Waals surface area contributed by atoms with Gasteiger partial charge in [-0.2, -0.15) is 0 Å². The van der Waals surface area contributed by atoms with Crippen molar-refractivity contribution in [3.8, 4) is 0 Å². The van der Waals surface area contributed by atoms with Crippen LogP contribution in [0.3, 0.4) is 0 Å². The molecular formula is C32H32N4O6S. The van der Waals surface area contributed by atoms with Crippen LogP contribution in [0.1, 0.15) is 16.7 Å². The van der Waals surface area contributed by atoms with Crippen molar-refractivity contribution >= 4 is 33.2 Å². The molecule has 2 amide bonds. The molecule has 0 aliphatic carbocycles. The van der Waals surface area contributed by atoms with E-state index in [-0.39, 0.29) is 29.2 Å². The molecule has 1 N–H and O–H groups in total. The number of carbonyl (C=O) groups is 2. The lowest BCUT2D eigenvalue weighted by Crippen LogP contribution is -2.53. The molecule has 222 valence electrons. The lowest BCUT2D eigenvalue weighted by atomic mass is 10.0. The summed E-state index contributed by atoms with van der Waals surface area (Å²) in [6.45, 7) is 1.30. The number of nitro groups is 1. The summed E-state index contributed by atoms with van der Waals surface area (Å²) < 4.78 is 28.7. The number of nitrogens with zero attached hydrogens (tertiary/aromatic N) is 3. The van der Waals surface area contributed by atoms with E-state index in [4.69, 9.17) is 0 Å². The summed E-state index contributed by atoms with van der Waals surface area (Å²) in [4.78, 5) is 39.6. The van der Waals surface area contributed by atoms with Gasteiger partial charge in [-0.3, -0.25) is 24.0 Å². The van der Waals surface area contributed by atoms with Crippen LogP contribution in [0.5, 0.6) is 0 Å². The van der Waals surface area contributed by atoms with Gasteiger partial charge in [0.05, 0.1) is 15.5 Å². The summed E-state index contributed by atoms with van der Waals surface area (Å²) >= 11 is 0. The van der Waals surface area contributed by atoms with E-state index in [0.717, 1.165) is 21.0 Å². The van der Waals surface area contributed by atoms with E-state index in [1.165, 1.54) is 48.3 Å². The molecule has 11 heteroatoms. The van der Waals surface area contributed by atoms with E-state index < -0.39 is 39.3 Å². The Hall–Kier alpha value is -5.03. The van der Waals surface area contributed by atoms with Crippen molar-refractivity contribution in [1.29, 1.82) is 0 Å². The van der Waals surface area contributed by atoms with Gasteiger partial charge in [-0.1, -0.05) is 72.8 Å². The number of aryl methyl sites for hydroxylation is 1. The maximum absolute atomic E-state index is 14.3. The van der Waals surface area contributed by atoms with Crippen molar-refractivity contribution in [3.63, 3.8) is 0 Å². The lowest BCUT2D eigenvalue weighted by Gasteiger charge is -2.34. The smallest absolute Gasteiger partial charge is 0.269 e. The molecule has 4 rings (SSSR count). The number of nitro benzene ring substituents is 1. The Bertz CT molecular complexity index is 1680. The van der Waals surface area contributed by atoms with Gasteiger partial charge < -0.3 is 10.2 Å². The molecule has 0 fully saturated rings. The first-order valence-electron chi connectivity index (χ1n) is 13.5. The molecule has 0 spiro atoms. The van der Waals surface area contributed by atoms with Gasteiger partial charge in [0.1, 0.15) is 12.6 Å². The number of hydrogen-bond donors (Lipinski definition) is 1. The van der Waals surface area contributed by atoms with Gasteiger partial charge >= 0.3 is 0 Å². The summed E-state index contributed by atoms with van der Waals surface area (Å²) in [6.07, 6.45) is 0.196. The normalized spacial score (nSPS) is 11.8. The van der Waals surface area contributed by atoms with Gasteiger partial charge in [-0.15, -0.1) is 0 Å². The second-order valence-electron chi connectivity index (χ2n) is 9.87. The Morgan fingerprint density at radius 2 is 1.44 bits per heavy atom. The van der Waals surface area contributed by atoms with Crippen molar-refractivity contribution in [2.45, 2.75) is 30.8 Å². The predicted octanol–water partition coefficient (Wildman–Crippen LogP) is 4.48. The SMILES string of the molecule is CNC(=O)[C@@H](Cc1ccccc1)N(Cc1ccccc1C)C(=O)CN(c1ccc([N+](=O)[O-])cc1)S(=O)(=O)c1ccccc1. The first-order chi connectivity index (χ1) is 20.6. The van der Waals surface area contributed by atoms with Gasteiger partial charge in [0, 0.05) is 32.1 Å². The number of amides is 2. The zero-order valence-electron chi connectivity index (χ0n) is 23.8. The van der Waals surface area contributed by atoms with Gasteiger partial charge in [0.25, 0.3) is 15.7 Å². The van der Waals surface area contributed by atoms with Gasteiger partial charge in [0.2, 0.25) is 11.8 Å². The predicted molar refractivity (Wildman–Crippen MR) is 164 cm³/mol. The van der Waals surface area contributed by atoms with Gasteiger partial charge in [-0.25, -0.2) is 8.42 Å². The number of rotatable bonds is 12. The van der Waals surface area contributed by atoms with Crippen LogP contribution in [0.4, 0.5) is 11.4 Å². The fraction of sp³-hybridized carbons (Fsp3) is 0.188. The molecule has 0 aliphatic heterocycles. The minimum atomic E-state index is -4.29. The summed E-state index contributed by atoms with van der Waals surface area (Å²) in [6, 6.07) is 28.3. The van der Waals surface area contributed by atoms with Crippen LogP contribution in [0.15, 0.2) is 114 Å². The first kappa shape index (κ1) is 30.9. The number of benzene rings is 4. The van der Waals surface area contributed by atoms with E-state index in [2.05, 4.69) is 5.32 Å². The van der Waals surface area contributed by atoms with E-state index in [1.54, 1.807) is 18.2 Å². The third-order valence-corrected chi connectivity index (χ3v) is 8.87. The average molecular weight is 601 g/mol. The molecule has 0 bridgehead atoms. The van der Waals surface area contributed by atoms with Crippen LogP contribution in [0.2, 0.25) is 0 Å². The van der Waals surface area contributed by atoms with Crippen LogP contribution < -0.4 is 9.62 Å².